The number of nitrogens with one attached hydrogen (secondary N) is 1. The Morgan fingerprint density at radius 3 is 2.94 bits per heavy atom. The van der Waals surface area contributed by atoms with Crippen LogP contribution in [0, 0.1) is 6.92 Å². The number of thioether (sulfide) groups is 1. The van der Waals surface area contributed by atoms with Crippen LogP contribution in [0.3, 0.4) is 0 Å². The maximum atomic E-state index is 5.53. The summed E-state index contributed by atoms with van der Waals surface area (Å²) in [6.45, 7) is 1.99. The summed E-state index contributed by atoms with van der Waals surface area (Å²) in [5.41, 5.74) is 5.97. The first-order valence-corrected chi connectivity index (χ1v) is 7.63. The Morgan fingerprint density at radius 2 is 2.22 bits per heavy atom. The number of rotatable bonds is 3. The number of hydrogen-bond acceptors (Lipinski definition) is 7. The van der Waals surface area contributed by atoms with E-state index in [-0.39, 0.29) is 0 Å². The molecule has 0 saturated heterocycles. The Balaban J connectivity index is 1.93. The van der Waals surface area contributed by atoms with Crippen molar-refractivity contribution in [1.29, 1.82) is 0 Å². The van der Waals surface area contributed by atoms with Gasteiger partial charge in [0.25, 0.3) is 0 Å². The third-order valence-corrected chi connectivity index (χ3v) is 4.67. The van der Waals surface area contributed by atoms with Crippen molar-refractivity contribution in [1.82, 2.24) is 15.0 Å². The first-order valence-electron chi connectivity index (χ1n) is 5.60. The molecular weight excluding hydrogens is 266 g/mol. The SMILES string of the molecule is Cc1csc(Cc2nc3c(c(NN)n2)CSC3)n1. The summed E-state index contributed by atoms with van der Waals surface area (Å²) in [6.07, 6.45) is 0.672. The van der Waals surface area contributed by atoms with Crippen LogP contribution in [-0.2, 0) is 17.9 Å². The first kappa shape index (κ1) is 11.9. The minimum absolute atomic E-state index is 0.672. The van der Waals surface area contributed by atoms with E-state index in [1.165, 1.54) is 0 Å². The number of nitrogens with zero attached hydrogens (tertiary/aromatic N) is 3. The molecule has 3 N–H and O–H groups in total. The van der Waals surface area contributed by atoms with E-state index in [4.69, 9.17) is 5.84 Å². The summed E-state index contributed by atoms with van der Waals surface area (Å²) in [6, 6.07) is 0. The number of nitrogen functional groups attached to an aromatic ring is 1. The maximum absolute atomic E-state index is 5.53. The summed E-state index contributed by atoms with van der Waals surface area (Å²) in [4.78, 5) is 13.5. The molecular formula is C11H13N5S2. The van der Waals surface area contributed by atoms with Gasteiger partial charge in [0.15, 0.2) is 0 Å². The first-order chi connectivity index (χ1) is 8.76. The second-order valence-corrected chi connectivity index (χ2v) is 6.04. The molecule has 0 unspecified atom stereocenters. The summed E-state index contributed by atoms with van der Waals surface area (Å²) in [5.74, 6) is 8.95. The molecule has 2 aromatic heterocycles. The highest BCUT2D eigenvalue weighted by Gasteiger charge is 2.19. The number of thiazole rings is 1. The van der Waals surface area contributed by atoms with Gasteiger partial charge in [-0.05, 0) is 6.92 Å². The molecule has 0 amide bonds. The average molecular weight is 279 g/mol. The normalized spacial score (nSPS) is 13.7. The second-order valence-electron chi connectivity index (χ2n) is 4.11. The molecule has 1 aliphatic rings. The zero-order valence-electron chi connectivity index (χ0n) is 9.93. The zero-order chi connectivity index (χ0) is 12.5. The van der Waals surface area contributed by atoms with Gasteiger partial charge in [-0.1, -0.05) is 0 Å². The standard InChI is InChI=1S/C11H13N5S2/c1-6-3-18-10(13-6)2-9-14-8-5-17-4-7(8)11(15-9)16-12/h3H,2,4-5,12H2,1H3,(H,14,15,16). The van der Waals surface area contributed by atoms with Gasteiger partial charge in [0.05, 0.1) is 12.1 Å². The van der Waals surface area contributed by atoms with Crippen LogP contribution in [-0.4, -0.2) is 15.0 Å². The van der Waals surface area contributed by atoms with Gasteiger partial charge in [0, 0.05) is 28.1 Å². The second kappa shape index (κ2) is 4.83. The number of anilines is 1. The fraction of sp³-hybridized carbons (Fsp3) is 0.364. The lowest BCUT2D eigenvalue weighted by molar-refractivity contribution is 0.916. The van der Waals surface area contributed by atoms with E-state index in [2.05, 4.69) is 20.4 Å². The predicted molar refractivity (Wildman–Crippen MR) is 74.5 cm³/mol. The fourth-order valence-electron chi connectivity index (χ4n) is 1.92. The Hall–Kier alpha value is -1.18. The Kier molecular flexibility index (Phi) is 3.19. The molecule has 1 aliphatic heterocycles. The Morgan fingerprint density at radius 1 is 1.33 bits per heavy atom. The molecule has 0 bridgehead atoms. The minimum Gasteiger partial charge on any atom is -0.308 e. The molecule has 0 aromatic carbocycles. The van der Waals surface area contributed by atoms with Crippen molar-refractivity contribution in [3.63, 3.8) is 0 Å². The van der Waals surface area contributed by atoms with Gasteiger partial charge in [-0.3, -0.25) is 0 Å². The van der Waals surface area contributed by atoms with E-state index in [0.717, 1.165) is 45.1 Å². The number of fused-ring (bicyclic) bond motifs is 1. The number of hydrogen-bond donors (Lipinski definition) is 2. The summed E-state index contributed by atoms with van der Waals surface area (Å²) >= 11 is 3.48. The zero-order valence-corrected chi connectivity index (χ0v) is 11.6. The van der Waals surface area contributed by atoms with Crippen LogP contribution in [0.15, 0.2) is 5.38 Å². The van der Waals surface area contributed by atoms with E-state index in [9.17, 15) is 0 Å². The molecule has 0 saturated carbocycles. The van der Waals surface area contributed by atoms with Gasteiger partial charge in [-0.25, -0.2) is 20.8 Å². The minimum atomic E-state index is 0.672. The van der Waals surface area contributed by atoms with Crippen LogP contribution >= 0.6 is 23.1 Å². The third kappa shape index (κ3) is 2.21. The molecule has 3 rings (SSSR count). The van der Waals surface area contributed by atoms with Crippen LogP contribution in [0.4, 0.5) is 5.82 Å². The van der Waals surface area contributed by atoms with E-state index in [1.54, 1.807) is 11.3 Å². The van der Waals surface area contributed by atoms with Crippen molar-refractivity contribution in [3.8, 4) is 0 Å². The van der Waals surface area contributed by atoms with E-state index in [0.29, 0.717) is 6.42 Å². The summed E-state index contributed by atoms with van der Waals surface area (Å²) in [7, 11) is 0. The Labute approximate surface area is 113 Å². The van der Waals surface area contributed by atoms with Crippen molar-refractivity contribution < 1.29 is 0 Å². The highest BCUT2D eigenvalue weighted by atomic mass is 32.2. The number of nitrogens with two attached hydrogens (primary N) is 1. The van der Waals surface area contributed by atoms with E-state index >= 15 is 0 Å². The lowest BCUT2D eigenvalue weighted by Gasteiger charge is -2.07. The monoisotopic (exact) mass is 279 g/mol. The molecule has 2 aromatic rings. The highest BCUT2D eigenvalue weighted by molar-refractivity contribution is 7.98. The number of hydrazine groups is 1. The van der Waals surface area contributed by atoms with Gasteiger partial charge in [-0.2, -0.15) is 11.8 Å². The van der Waals surface area contributed by atoms with E-state index in [1.807, 2.05) is 24.1 Å². The average Bonchev–Trinajstić information content (AvgIpc) is 2.97. The third-order valence-electron chi connectivity index (χ3n) is 2.74. The molecule has 0 aliphatic carbocycles. The van der Waals surface area contributed by atoms with Gasteiger partial charge < -0.3 is 5.43 Å². The van der Waals surface area contributed by atoms with Crippen molar-refractivity contribution in [3.05, 3.63) is 33.2 Å². The molecule has 7 heteroatoms. The molecule has 0 spiro atoms. The van der Waals surface area contributed by atoms with Crippen molar-refractivity contribution in [2.24, 2.45) is 5.84 Å². The topological polar surface area (TPSA) is 76.7 Å². The smallest absolute Gasteiger partial charge is 0.148 e. The summed E-state index contributed by atoms with van der Waals surface area (Å²) in [5, 5.41) is 3.08. The quantitative estimate of drug-likeness (QED) is 0.660. The van der Waals surface area contributed by atoms with Crippen LogP contribution in [0.5, 0.6) is 0 Å². The van der Waals surface area contributed by atoms with Crippen molar-refractivity contribution in [2.45, 2.75) is 24.9 Å². The Bertz CT molecular complexity index is 581. The molecule has 0 atom stereocenters. The molecule has 5 nitrogen and oxygen atoms in total. The predicted octanol–water partition coefficient (Wildman–Crippen LogP) is 1.86. The van der Waals surface area contributed by atoms with Gasteiger partial charge >= 0.3 is 0 Å². The molecule has 18 heavy (non-hydrogen) atoms. The van der Waals surface area contributed by atoms with Crippen molar-refractivity contribution in [2.75, 3.05) is 5.43 Å². The van der Waals surface area contributed by atoms with Gasteiger partial charge in [0.2, 0.25) is 0 Å². The largest absolute Gasteiger partial charge is 0.308 e. The molecule has 94 valence electrons. The lowest BCUT2D eigenvalue weighted by Crippen LogP contribution is -2.14. The van der Waals surface area contributed by atoms with E-state index < -0.39 is 0 Å². The maximum Gasteiger partial charge on any atom is 0.148 e. The number of aryl methyl sites for hydroxylation is 1. The fourth-order valence-corrected chi connectivity index (χ4v) is 3.73. The van der Waals surface area contributed by atoms with Crippen molar-refractivity contribution >= 4 is 28.9 Å². The molecule has 0 fully saturated rings. The van der Waals surface area contributed by atoms with Crippen LogP contribution < -0.4 is 11.3 Å². The van der Waals surface area contributed by atoms with Crippen LogP contribution in [0.2, 0.25) is 0 Å². The number of aromatic nitrogens is 3. The molecule has 3 heterocycles. The highest BCUT2D eigenvalue weighted by Crippen LogP contribution is 2.32. The van der Waals surface area contributed by atoms with Crippen LogP contribution in [0.1, 0.15) is 27.8 Å². The lowest BCUT2D eigenvalue weighted by atomic mass is 10.2. The van der Waals surface area contributed by atoms with Crippen LogP contribution in [0.25, 0.3) is 0 Å². The van der Waals surface area contributed by atoms with Gasteiger partial charge in [-0.15, -0.1) is 11.3 Å². The van der Waals surface area contributed by atoms with Gasteiger partial charge in [0.1, 0.15) is 16.6 Å². The summed E-state index contributed by atoms with van der Waals surface area (Å²) < 4.78 is 0. The molecule has 0 radical (unpaired) electrons.